The zero-order valence-corrected chi connectivity index (χ0v) is 11.2. The maximum Gasteiger partial charge on any atom is 0.305 e. The lowest BCUT2D eigenvalue weighted by Gasteiger charge is -2.25. The molecule has 1 aromatic rings. The van der Waals surface area contributed by atoms with Crippen molar-refractivity contribution in [1.29, 1.82) is 0 Å². The van der Waals surface area contributed by atoms with Gasteiger partial charge in [-0.05, 0) is 25.5 Å². The highest BCUT2D eigenvalue weighted by molar-refractivity contribution is 5.92. The zero-order valence-electron chi connectivity index (χ0n) is 11.2. The molecule has 102 valence electrons. The molecular weight excluding hydrogens is 242 g/mol. The number of carbonyl (C=O) groups is 2. The van der Waals surface area contributed by atoms with Gasteiger partial charge in [0.25, 0.3) is 0 Å². The highest BCUT2D eigenvalue weighted by Gasteiger charge is 2.18. The van der Waals surface area contributed by atoms with Gasteiger partial charge in [0.05, 0.1) is 6.42 Å². The molecule has 0 aliphatic rings. The molecule has 0 fully saturated rings. The molecule has 1 unspecified atom stereocenters. The number of hydrogen-bond donors (Lipinski definition) is 1. The summed E-state index contributed by atoms with van der Waals surface area (Å²) in [6, 6.07) is 9.20. The van der Waals surface area contributed by atoms with Crippen LogP contribution in [0.1, 0.15) is 25.8 Å². The molecule has 1 amide bonds. The maximum atomic E-state index is 12.0. The summed E-state index contributed by atoms with van der Waals surface area (Å²) in [6.07, 6.45) is 3.18. The molecule has 4 heteroatoms. The van der Waals surface area contributed by atoms with Gasteiger partial charge in [-0.2, -0.15) is 0 Å². The Bertz CT molecular complexity index is 454. The van der Waals surface area contributed by atoms with Gasteiger partial charge in [0.15, 0.2) is 0 Å². The van der Waals surface area contributed by atoms with E-state index in [9.17, 15) is 9.59 Å². The van der Waals surface area contributed by atoms with E-state index in [4.69, 9.17) is 5.11 Å². The molecule has 0 spiro atoms. The zero-order chi connectivity index (χ0) is 14.3. The van der Waals surface area contributed by atoms with Gasteiger partial charge in [-0.1, -0.05) is 30.3 Å². The first-order valence-electron chi connectivity index (χ1n) is 6.30. The maximum absolute atomic E-state index is 12.0. The lowest BCUT2D eigenvalue weighted by atomic mass is 10.2. The van der Waals surface area contributed by atoms with E-state index in [1.54, 1.807) is 17.9 Å². The van der Waals surface area contributed by atoms with E-state index < -0.39 is 5.97 Å². The Balaban J connectivity index is 2.69. The van der Waals surface area contributed by atoms with Crippen LogP contribution < -0.4 is 0 Å². The van der Waals surface area contributed by atoms with Crippen LogP contribution in [-0.2, 0) is 9.59 Å². The number of amides is 1. The molecule has 1 atom stereocenters. The largest absolute Gasteiger partial charge is 0.481 e. The van der Waals surface area contributed by atoms with Gasteiger partial charge in [-0.3, -0.25) is 9.59 Å². The number of benzene rings is 1. The van der Waals surface area contributed by atoms with Crippen LogP contribution in [-0.4, -0.2) is 34.5 Å². The summed E-state index contributed by atoms with van der Waals surface area (Å²) in [5, 5.41) is 8.76. The number of carboxylic acid groups (broad SMARTS) is 1. The number of rotatable bonds is 6. The summed E-state index contributed by atoms with van der Waals surface area (Å²) < 4.78 is 0. The summed E-state index contributed by atoms with van der Waals surface area (Å²) in [6.45, 7) is 4.07. The van der Waals surface area contributed by atoms with Crippen LogP contribution in [0.5, 0.6) is 0 Å². The van der Waals surface area contributed by atoms with E-state index in [2.05, 4.69) is 0 Å². The fraction of sp³-hybridized carbons (Fsp3) is 0.333. The van der Waals surface area contributed by atoms with Gasteiger partial charge in [0.2, 0.25) is 5.91 Å². The Morgan fingerprint density at radius 2 is 1.95 bits per heavy atom. The summed E-state index contributed by atoms with van der Waals surface area (Å²) in [5.41, 5.74) is 0.942. The number of likely N-dealkylation sites (N-methyl/N-ethyl adjacent to an activating group) is 1. The van der Waals surface area contributed by atoms with E-state index in [0.717, 1.165) is 5.56 Å². The predicted molar refractivity (Wildman–Crippen MR) is 74.6 cm³/mol. The van der Waals surface area contributed by atoms with Gasteiger partial charge in [0.1, 0.15) is 0 Å². The lowest BCUT2D eigenvalue weighted by molar-refractivity contribution is -0.139. The van der Waals surface area contributed by atoms with Crippen LogP contribution in [0.25, 0.3) is 6.08 Å². The minimum Gasteiger partial charge on any atom is -0.481 e. The van der Waals surface area contributed by atoms with Crippen molar-refractivity contribution in [3.63, 3.8) is 0 Å². The summed E-state index contributed by atoms with van der Waals surface area (Å²) in [4.78, 5) is 24.2. The highest BCUT2D eigenvalue weighted by atomic mass is 16.4. The Morgan fingerprint density at radius 3 is 2.47 bits per heavy atom. The fourth-order valence-corrected chi connectivity index (χ4v) is 1.88. The fourth-order valence-electron chi connectivity index (χ4n) is 1.88. The average Bonchev–Trinajstić information content (AvgIpc) is 2.37. The van der Waals surface area contributed by atoms with Crippen molar-refractivity contribution in [2.45, 2.75) is 26.3 Å². The van der Waals surface area contributed by atoms with Crippen LogP contribution in [0, 0.1) is 0 Å². The van der Waals surface area contributed by atoms with Gasteiger partial charge in [-0.15, -0.1) is 0 Å². The van der Waals surface area contributed by atoms with Gasteiger partial charge in [-0.25, -0.2) is 0 Å². The summed E-state index contributed by atoms with van der Waals surface area (Å²) in [7, 11) is 0. The molecule has 0 aliphatic heterocycles. The van der Waals surface area contributed by atoms with Crippen LogP contribution in [0.2, 0.25) is 0 Å². The average molecular weight is 261 g/mol. The SMILES string of the molecule is CCN(C(=O)C=Cc1ccccc1)C(C)CC(=O)O. The van der Waals surface area contributed by atoms with E-state index >= 15 is 0 Å². The molecule has 0 heterocycles. The Morgan fingerprint density at radius 1 is 1.32 bits per heavy atom. The first kappa shape index (κ1) is 15.0. The van der Waals surface area contributed by atoms with Crippen LogP contribution in [0.15, 0.2) is 36.4 Å². The second-order valence-electron chi connectivity index (χ2n) is 4.32. The highest BCUT2D eigenvalue weighted by Crippen LogP contribution is 2.07. The standard InChI is InChI=1S/C15H19NO3/c1-3-16(12(2)11-15(18)19)14(17)10-9-13-7-5-4-6-8-13/h4-10,12H,3,11H2,1-2H3,(H,18,19). The quantitative estimate of drug-likeness (QED) is 0.800. The molecule has 0 aromatic heterocycles. The number of carbonyl (C=O) groups excluding carboxylic acids is 1. The molecule has 1 N–H and O–H groups in total. The van der Waals surface area contributed by atoms with E-state index in [1.807, 2.05) is 37.3 Å². The van der Waals surface area contributed by atoms with Crippen molar-refractivity contribution < 1.29 is 14.7 Å². The van der Waals surface area contributed by atoms with Gasteiger partial charge < -0.3 is 10.0 Å². The minimum atomic E-state index is -0.897. The number of hydrogen-bond acceptors (Lipinski definition) is 2. The first-order chi connectivity index (χ1) is 9.04. The number of aliphatic carboxylic acids is 1. The van der Waals surface area contributed by atoms with Gasteiger partial charge in [0, 0.05) is 18.7 Å². The third-order valence-corrected chi connectivity index (χ3v) is 2.84. The van der Waals surface area contributed by atoms with E-state index in [1.165, 1.54) is 6.08 Å². The summed E-state index contributed by atoms with van der Waals surface area (Å²) >= 11 is 0. The number of carboxylic acids is 1. The molecule has 0 aliphatic carbocycles. The normalized spacial score (nSPS) is 12.3. The topological polar surface area (TPSA) is 57.6 Å². The lowest BCUT2D eigenvalue weighted by Crippen LogP contribution is -2.38. The van der Waals surface area contributed by atoms with Crippen LogP contribution >= 0.6 is 0 Å². The third-order valence-electron chi connectivity index (χ3n) is 2.84. The Kier molecular flexibility index (Phi) is 5.79. The Hall–Kier alpha value is -2.10. The predicted octanol–water partition coefficient (Wildman–Crippen LogP) is 2.41. The van der Waals surface area contributed by atoms with Crippen LogP contribution in [0.4, 0.5) is 0 Å². The van der Waals surface area contributed by atoms with Crippen molar-refractivity contribution >= 4 is 18.0 Å². The molecule has 19 heavy (non-hydrogen) atoms. The third kappa shape index (κ3) is 4.95. The van der Waals surface area contributed by atoms with Crippen molar-refractivity contribution in [3.8, 4) is 0 Å². The van der Waals surface area contributed by atoms with E-state index in [-0.39, 0.29) is 18.4 Å². The van der Waals surface area contributed by atoms with Crippen molar-refractivity contribution in [2.75, 3.05) is 6.54 Å². The molecular formula is C15H19NO3. The van der Waals surface area contributed by atoms with Crippen molar-refractivity contribution in [1.82, 2.24) is 4.90 Å². The minimum absolute atomic E-state index is 0.0429. The molecule has 0 bridgehead atoms. The summed E-state index contributed by atoms with van der Waals surface area (Å²) in [5.74, 6) is -1.06. The molecule has 4 nitrogen and oxygen atoms in total. The Labute approximate surface area is 113 Å². The van der Waals surface area contributed by atoms with Gasteiger partial charge >= 0.3 is 5.97 Å². The van der Waals surface area contributed by atoms with Crippen molar-refractivity contribution in [3.05, 3.63) is 42.0 Å². The second-order valence-corrected chi connectivity index (χ2v) is 4.32. The molecule has 0 saturated heterocycles. The molecule has 1 rings (SSSR count). The smallest absolute Gasteiger partial charge is 0.305 e. The molecule has 0 saturated carbocycles. The number of nitrogens with zero attached hydrogens (tertiary/aromatic N) is 1. The van der Waals surface area contributed by atoms with Crippen molar-refractivity contribution in [2.24, 2.45) is 0 Å². The first-order valence-corrected chi connectivity index (χ1v) is 6.30. The second kappa shape index (κ2) is 7.36. The van der Waals surface area contributed by atoms with Crippen LogP contribution in [0.3, 0.4) is 0 Å². The molecule has 1 aromatic carbocycles. The van der Waals surface area contributed by atoms with E-state index in [0.29, 0.717) is 6.54 Å². The monoisotopic (exact) mass is 261 g/mol. The molecule has 0 radical (unpaired) electrons.